The van der Waals surface area contributed by atoms with Crippen molar-refractivity contribution < 1.29 is 10.2 Å². The Balaban J connectivity index is 1.43. The van der Waals surface area contributed by atoms with Crippen molar-refractivity contribution in [1.82, 2.24) is 15.2 Å². The minimum atomic E-state index is 0.127. The second-order valence-electron chi connectivity index (χ2n) is 6.91. The van der Waals surface area contributed by atoms with E-state index in [-0.39, 0.29) is 23.4 Å². The van der Waals surface area contributed by atoms with Gasteiger partial charge in [-0.15, -0.1) is 5.10 Å². The van der Waals surface area contributed by atoms with Crippen LogP contribution >= 0.6 is 0 Å². The molecule has 5 aromatic rings. The molecule has 1 heterocycles. The highest BCUT2D eigenvalue weighted by Gasteiger charge is 2.07. The minimum Gasteiger partial charge on any atom is -0.507 e. The van der Waals surface area contributed by atoms with Gasteiger partial charge in [0.15, 0.2) is 0 Å². The molecule has 0 bridgehead atoms. The van der Waals surface area contributed by atoms with Crippen LogP contribution in [0.25, 0.3) is 21.5 Å². The molecule has 0 unspecified atom stereocenters. The monoisotopic (exact) mass is 407 g/mol. The first-order valence-electron chi connectivity index (χ1n) is 9.61. The Hall–Kier alpha value is -4.52. The number of nitrogens with one attached hydrogen (secondary N) is 1. The summed E-state index contributed by atoms with van der Waals surface area (Å²) in [5.74, 6) is 0.692. The van der Waals surface area contributed by atoms with Crippen molar-refractivity contribution in [3.05, 3.63) is 83.9 Å². The van der Waals surface area contributed by atoms with E-state index in [1.54, 1.807) is 18.3 Å². The summed E-state index contributed by atoms with van der Waals surface area (Å²) < 4.78 is 0. The molecule has 7 heteroatoms. The highest BCUT2D eigenvalue weighted by atomic mass is 16.3. The number of aromatic amines is 1. The smallest absolute Gasteiger partial charge is 0.269 e. The second kappa shape index (κ2) is 7.72. The summed E-state index contributed by atoms with van der Waals surface area (Å²) in [7, 11) is 0. The van der Waals surface area contributed by atoms with Gasteiger partial charge in [-0.2, -0.15) is 4.98 Å². The SMILES string of the molecule is Oc1ccc2ccccc2c1/C=N/c1n[nH]c(/N=C/c2c(O)ccc3ccccc23)n1. The number of nitrogens with zero attached hydrogens (tertiary/aromatic N) is 4. The number of benzene rings is 4. The molecule has 31 heavy (non-hydrogen) atoms. The first kappa shape index (κ1) is 18.5. The Bertz CT molecular complexity index is 1360. The highest BCUT2D eigenvalue weighted by molar-refractivity contribution is 6.03. The Labute approximate surface area is 177 Å². The van der Waals surface area contributed by atoms with E-state index < -0.39 is 0 Å². The third-order valence-electron chi connectivity index (χ3n) is 4.98. The van der Waals surface area contributed by atoms with E-state index in [2.05, 4.69) is 25.2 Å². The first-order valence-corrected chi connectivity index (χ1v) is 9.61. The number of phenols is 2. The van der Waals surface area contributed by atoms with Crippen molar-refractivity contribution >= 4 is 45.9 Å². The van der Waals surface area contributed by atoms with Gasteiger partial charge in [-0.05, 0) is 33.7 Å². The summed E-state index contributed by atoms with van der Waals surface area (Å²) in [6.07, 6.45) is 3.08. The van der Waals surface area contributed by atoms with Crippen LogP contribution in [0.4, 0.5) is 11.9 Å². The van der Waals surface area contributed by atoms with Crippen molar-refractivity contribution in [3.8, 4) is 11.5 Å². The molecule has 0 amide bonds. The van der Waals surface area contributed by atoms with Gasteiger partial charge in [0.1, 0.15) is 11.5 Å². The van der Waals surface area contributed by atoms with Crippen LogP contribution in [0.1, 0.15) is 11.1 Å². The van der Waals surface area contributed by atoms with Crippen molar-refractivity contribution in [2.75, 3.05) is 0 Å². The molecule has 4 aromatic carbocycles. The van der Waals surface area contributed by atoms with Gasteiger partial charge in [-0.25, -0.2) is 15.1 Å². The highest BCUT2D eigenvalue weighted by Crippen LogP contribution is 2.27. The minimum absolute atomic E-state index is 0.127. The number of fused-ring (bicyclic) bond motifs is 2. The topological polar surface area (TPSA) is 107 Å². The summed E-state index contributed by atoms with van der Waals surface area (Å²) in [5, 5.41) is 31.0. The lowest BCUT2D eigenvalue weighted by Crippen LogP contribution is -1.86. The average molecular weight is 407 g/mol. The largest absolute Gasteiger partial charge is 0.507 e. The van der Waals surface area contributed by atoms with Crippen LogP contribution in [0.3, 0.4) is 0 Å². The molecule has 0 saturated carbocycles. The lowest BCUT2D eigenvalue weighted by molar-refractivity contribution is 0.475. The number of aliphatic imine (C=N–C) groups is 2. The Morgan fingerprint density at radius 2 is 1.23 bits per heavy atom. The quantitative estimate of drug-likeness (QED) is 0.364. The fourth-order valence-electron chi connectivity index (χ4n) is 3.45. The number of hydrogen-bond donors (Lipinski definition) is 3. The van der Waals surface area contributed by atoms with Crippen LogP contribution in [0.15, 0.2) is 82.8 Å². The molecule has 5 rings (SSSR count). The van der Waals surface area contributed by atoms with Gasteiger partial charge >= 0.3 is 0 Å². The molecule has 0 aliphatic heterocycles. The van der Waals surface area contributed by atoms with Crippen molar-refractivity contribution in [3.63, 3.8) is 0 Å². The van der Waals surface area contributed by atoms with E-state index >= 15 is 0 Å². The first-order chi connectivity index (χ1) is 15.2. The predicted molar refractivity (Wildman–Crippen MR) is 122 cm³/mol. The molecule has 0 atom stereocenters. The molecule has 0 fully saturated rings. The fraction of sp³-hybridized carbons (Fsp3) is 0. The number of aromatic nitrogens is 3. The number of rotatable bonds is 4. The maximum Gasteiger partial charge on any atom is 0.269 e. The maximum atomic E-state index is 10.2. The third-order valence-corrected chi connectivity index (χ3v) is 4.98. The van der Waals surface area contributed by atoms with Crippen LogP contribution in [-0.4, -0.2) is 37.8 Å². The number of hydrogen-bond acceptors (Lipinski definition) is 6. The molecule has 7 nitrogen and oxygen atoms in total. The molecular weight excluding hydrogens is 390 g/mol. The zero-order chi connectivity index (χ0) is 21.2. The normalized spacial score (nSPS) is 11.9. The van der Waals surface area contributed by atoms with E-state index in [9.17, 15) is 10.2 Å². The van der Waals surface area contributed by atoms with Crippen LogP contribution in [-0.2, 0) is 0 Å². The molecule has 1 aromatic heterocycles. The Morgan fingerprint density at radius 1 is 0.677 bits per heavy atom. The molecule has 0 radical (unpaired) electrons. The zero-order valence-corrected chi connectivity index (χ0v) is 16.3. The molecule has 0 saturated heterocycles. The molecule has 0 spiro atoms. The summed E-state index contributed by atoms with van der Waals surface area (Å²) in [4.78, 5) is 12.8. The van der Waals surface area contributed by atoms with Crippen LogP contribution in [0.5, 0.6) is 11.5 Å². The van der Waals surface area contributed by atoms with E-state index in [1.807, 2.05) is 60.7 Å². The van der Waals surface area contributed by atoms with Gasteiger partial charge in [0.2, 0.25) is 5.95 Å². The zero-order valence-electron chi connectivity index (χ0n) is 16.3. The van der Waals surface area contributed by atoms with E-state index in [1.165, 1.54) is 6.21 Å². The number of phenolic OH excluding ortho intramolecular Hbond substituents is 2. The average Bonchev–Trinajstić information content (AvgIpc) is 3.25. The van der Waals surface area contributed by atoms with Crippen molar-refractivity contribution in [1.29, 1.82) is 0 Å². The van der Waals surface area contributed by atoms with E-state index in [0.717, 1.165) is 21.5 Å². The lowest BCUT2D eigenvalue weighted by Gasteiger charge is -2.04. The van der Waals surface area contributed by atoms with Crippen LogP contribution in [0, 0.1) is 0 Å². The van der Waals surface area contributed by atoms with Gasteiger partial charge in [-0.1, -0.05) is 60.7 Å². The number of aromatic hydroxyl groups is 2. The standard InChI is InChI=1S/C24H17N5O2/c30-21-11-9-15-5-1-3-7-17(15)19(21)13-25-23-27-24(29-28-23)26-14-20-18-8-4-2-6-16(18)10-12-22(20)31/h1-14,30-31H,(H,27,28,29)/b25-13+,26-14+. The van der Waals surface area contributed by atoms with E-state index in [0.29, 0.717) is 11.1 Å². The van der Waals surface area contributed by atoms with Crippen LogP contribution in [0.2, 0.25) is 0 Å². The van der Waals surface area contributed by atoms with Gasteiger partial charge < -0.3 is 10.2 Å². The second-order valence-corrected chi connectivity index (χ2v) is 6.91. The molecule has 0 aliphatic rings. The Morgan fingerprint density at radius 3 is 1.84 bits per heavy atom. The Kier molecular flexibility index (Phi) is 4.61. The third kappa shape index (κ3) is 3.60. The van der Waals surface area contributed by atoms with Gasteiger partial charge in [0.25, 0.3) is 5.95 Å². The van der Waals surface area contributed by atoms with Crippen molar-refractivity contribution in [2.24, 2.45) is 9.98 Å². The van der Waals surface area contributed by atoms with Gasteiger partial charge in [-0.3, -0.25) is 0 Å². The molecule has 0 aliphatic carbocycles. The van der Waals surface area contributed by atoms with Gasteiger partial charge in [0.05, 0.1) is 0 Å². The van der Waals surface area contributed by atoms with Gasteiger partial charge in [0, 0.05) is 23.6 Å². The molecular formula is C24H17N5O2. The predicted octanol–water partition coefficient (Wildman–Crippen LogP) is 5.02. The fourth-order valence-corrected chi connectivity index (χ4v) is 3.45. The molecule has 150 valence electrons. The summed E-state index contributed by atoms with van der Waals surface area (Å²) in [6.45, 7) is 0. The number of H-pyrrole nitrogens is 1. The van der Waals surface area contributed by atoms with Crippen molar-refractivity contribution in [2.45, 2.75) is 0 Å². The summed E-state index contributed by atoms with van der Waals surface area (Å²) >= 11 is 0. The summed E-state index contributed by atoms with van der Waals surface area (Å²) in [6, 6.07) is 22.4. The maximum absolute atomic E-state index is 10.2. The lowest BCUT2D eigenvalue weighted by atomic mass is 10.0. The molecule has 3 N–H and O–H groups in total. The van der Waals surface area contributed by atoms with Crippen LogP contribution < -0.4 is 0 Å². The van der Waals surface area contributed by atoms with E-state index in [4.69, 9.17) is 0 Å². The summed E-state index contributed by atoms with van der Waals surface area (Å²) in [5.41, 5.74) is 1.19.